The first kappa shape index (κ1) is 13.3. The lowest BCUT2D eigenvalue weighted by molar-refractivity contribution is -0.146. The first-order chi connectivity index (χ1) is 9.04. The van der Waals surface area contributed by atoms with Crippen LogP contribution in [-0.4, -0.2) is 15.8 Å². The summed E-state index contributed by atoms with van der Waals surface area (Å²) in [6.45, 7) is 0. The van der Waals surface area contributed by atoms with E-state index in [1.165, 1.54) is 37.4 Å². The van der Waals surface area contributed by atoms with Crippen molar-refractivity contribution in [1.82, 2.24) is 0 Å². The van der Waals surface area contributed by atoms with E-state index in [1.807, 2.05) is 24.3 Å². The molecule has 0 aliphatic heterocycles. The zero-order valence-electron chi connectivity index (χ0n) is 10.7. The lowest BCUT2D eigenvalue weighted by Gasteiger charge is -2.52. The fourth-order valence-corrected chi connectivity index (χ4v) is 5.33. The van der Waals surface area contributed by atoms with Crippen LogP contribution in [0.3, 0.4) is 0 Å². The van der Waals surface area contributed by atoms with E-state index in [1.54, 1.807) is 0 Å². The monoisotopic (exact) mass is 296 g/mol. The number of aliphatic carboxylic acids is 1. The number of carboxylic acid groups (broad SMARTS) is 1. The first-order valence-electron chi connectivity index (χ1n) is 6.72. The number of carboxylic acids is 1. The van der Waals surface area contributed by atoms with Gasteiger partial charge in [0.15, 0.2) is 0 Å². The molecule has 4 heteroatoms. The Bertz CT molecular complexity index is 483. The number of hydrogen-bond donors (Lipinski definition) is 1. The number of hydrogen-bond acceptors (Lipinski definition) is 2. The van der Waals surface area contributed by atoms with Gasteiger partial charge in [-0.15, -0.1) is 11.8 Å². The van der Waals surface area contributed by atoms with Gasteiger partial charge in [0.1, 0.15) is 4.75 Å². The molecule has 0 radical (unpaired) electrons. The van der Waals surface area contributed by atoms with E-state index in [2.05, 4.69) is 0 Å². The molecule has 102 valence electrons. The number of carbonyl (C=O) groups is 1. The van der Waals surface area contributed by atoms with Crippen molar-refractivity contribution in [2.45, 2.75) is 48.2 Å². The third kappa shape index (κ3) is 2.38. The van der Waals surface area contributed by atoms with E-state index < -0.39 is 10.7 Å². The van der Waals surface area contributed by atoms with Gasteiger partial charge in [0.2, 0.25) is 0 Å². The van der Waals surface area contributed by atoms with Gasteiger partial charge >= 0.3 is 5.97 Å². The van der Waals surface area contributed by atoms with Crippen molar-refractivity contribution in [2.75, 3.05) is 0 Å². The van der Waals surface area contributed by atoms with Gasteiger partial charge in [-0.25, -0.2) is 0 Å². The Kier molecular flexibility index (Phi) is 3.30. The average molecular weight is 297 g/mol. The molecule has 3 rings (SSSR count). The fraction of sp³-hybridized carbons (Fsp3) is 0.533. The minimum atomic E-state index is -0.662. The summed E-state index contributed by atoms with van der Waals surface area (Å²) in [7, 11) is 0. The molecular weight excluding hydrogens is 280 g/mol. The molecule has 2 aliphatic rings. The predicted octanol–water partition coefficient (Wildman–Crippen LogP) is 4.61. The standard InChI is InChI=1S/C15H17ClO2S/c16-11-3-5-12(6-4-11)19-15(13(17)18)9-14(10-15)7-1-2-8-14/h3-6H,1-2,7-10H2,(H,17,18). The van der Waals surface area contributed by atoms with Gasteiger partial charge in [-0.2, -0.15) is 0 Å². The van der Waals surface area contributed by atoms with Crippen LogP contribution in [0.5, 0.6) is 0 Å². The van der Waals surface area contributed by atoms with E-state index in [0.717, 1.165) is 17.7 Å². The molecule has 0 saturated heterocycles. The minimum Gasteiger partial charge on any atom is -0.480 e. The van der Waals surface area contributed by atoms with Crippen LogP contribution in [-0.2, 0) is 4.79 Å². The number of thioether (sulfide) groups is 1. The molecule has 2 nitrogen and oxygen atoms in total. The van der Waals surface area contributed by atoms with Gasteiger partial charge in [0, 0.05) is 9.92 Å². The fourth-order valence-electron chi connectivity index (χ4n) is 3.63. The molecular formula is C15H17ClO2S. The summed E-state index contributed by atoms with van der Waals surface area (Å²) in [5.74, 6) is -0.662. The number of halogens is 1. The quantitative estimate of drug-likeness (QED) is 0.885. The molecule has 0 bridgehead atoms. The lowest BCUT2D eigenvalue weighted by Crippen LogP contribution is -2.53. The highest BCUT2D eigenvalue weighted by molar-refractivity contribution is 8.01. The third-order valence-electron chi connectivity index (χ3n) is 4.50. The summed E-state index contributed by atoms with van der Waals surface area (Å²) in [6, 6.07) is 7.47. The van der Waals surface area contributed by atoms with Crippen molar-refractivity contribution in [3.8, 4) is 0 Å². The maximum absolute atomic E-state index is 11.7. The summed E-state index contributed by atoms with van der Waals surface area (Å²) in [5, 5.41) is 10.3. The van der Waals surface area contributed by atoms with Crippen molar-refractivity contribution < 1.29 is 9.90 Å². The van der Waals surface area contributed by atoms with E-state index in [4.69, 9.17) is 11.6 Å². The summed E-state index contributed by atoms with van der Waals surface area (Å²) in [5.41, 5.74) is 0.331. The maximum atomic E-state index is 11.7. The van der Waals surface area contributed by atoms with Gasteiger partial charge in [-0.1, -0.05) is 24.4 Å². The van der Waals surface area contributed by atoms with E-state index in [0.29, 0.717) is 10.4 Å². The Morgan fingerprint density at radius 2 is 1.74 bits per heavy atom. The SMILES string of the molecule is O=C(O)C1(Sc2ccc(Cl)cc2)CC2(CCCC2)C1. The lowest BCUT2D eigenvalue weighted by atomic mass is 9.60. The molecule has 1 spiro atoms. The normalized spacial score (nSPS) is 23.2. The highest BCUT2D eigenvalue weighted by Gasteiger charge is 2.60. The van der Waals surface area contributed by atoms with Gasteiger partial charge in [0.25, 0.3) is 0 Å². The van der Waals surface area contributed by atoms with E-state index in [9.17, 15) is 9.90 Å². The molecule has 1 N–H and O–H groups in total. The van der Waals surface area contributed by atoms with Crippen LogP contribution in [0.2, 0.25) is 5.02 Å². The van der Waals surface area contributed by atoms with E-state index >= 15 is 0 Å². The van der Waals surface area contributed by atoms with Crippen LogP contribution in [0.15, 0.2) is 29.2 Å². The van der Waals surface area contributed by atoms with Crippen molar-refractivity contribution >= 4 is 29.3 Å². The van der Waals surface area contributed by atoms with Gasteiger partial charge in [-0.3, -0.25) is 4.79 Å². The molecule has 19 heavy (non-hydrogen) atoms. The van der Waals surface area contributed by atoms with Crippen LogP contribution in [0, 0.1) is 5.41 Å². The second-order valence-corrected chi connectivity index (χ2v) is 7.81. The molecule has 0 heterocycles. The summed E-state index contributed by atoms with van der Waals surface area (Å²) >= 11 is 7.36. The molecule has 2 saturated carbocycles. The number of benzene rings is 1. The molecule has 0 aromatic heterocycles. The number of rotatable bonds is 3. The molecule has 0 atom stereocenters. The van der Waals surface area contributed by atoms with Gasteiger partial charge in [-0.05, 0) is 55.4 Å². The van der Waals surface area contributed by atoms with Gasteiger partial charge < -0.3 is 5.11 Å². The second kappa shape index (κ2) is 4.71. The zero-order valence-corrected chi connectivity index (χ0v) is 12.3. The van der Waals surface area contributed by atoms with Crippen LogP contribution in [0.4, 0.5) is 0 Å². The smallest absolute Gasteiger partial charge is 0.320 e. The molecule has 2 aliphatic carbocycles. The molecule has 0 unspecified atom stereocenters. The van der Waals surface area contributed by atoms with Crippen LogP contribution < -0.4 is 0 Å². The maximum Gasteiger partial charge on any atom is 0.320 e. The molecule has 1 aromatic carbocycles. The highest BCUT2D eigenvalue weighted by atomic mass is 35.5. The molecule has 0 amide bonds. The van der Waals surface area contributed by atoms with Crippen LogP contribution in [0.25, 0.3) is 0 Å². The van der Waals surface area contributed by atoms with Crippen molar-refractivity contribution in [3.05, 3.63) is 29.3 Å². The van der Waals surface area contributed by atoms with E-state index in [-0.39, 0.29) is 0 Å². The Morgan fingerprint density at radius 3 is 2.26 bits per heavy atom. The minimum absolute atomic E-state index is 0.331. The van der Waals surface area contributed by atoms with Crippen LogP contribution >= 0.6 is 23.4 Å². The Labute approximate surface area is 122 Å². The first-order valence-corrected chi connectivity index (χ1v) is 7.91. The highest BCUT2D eigenvalue weighted by Crippen LogP contribution is 2.64. The van der Waals surface area contributed by atoms with Gasteiger partial charge in [0.05, 0.1) is 0 Å². The Morgan fingerprint density at radius 1 is 1.16 bits per heavy atom. The average Bonchev–Trinajstić information content (AvgIpc) is 2.80. The van der Waals surface area contributed by atoms with Crippen molar-refractivity contribution in [1.29, 1.82) is 0 Å². The molecule has 2 fully saturated rings. The largest absolute Gasteiger partial charge is 0.480 e. The predicted molar refractivity (Wildman–Crippen MR) is 77.8 cm³/mol. The van der Waals surface area contributed by atoms with Crippen LogP contribution in [0.1, 0.15) is 38.5 Å². The topological polar surface area (TPSA) is 37.3 Å². The summed E-state index contributed by atoms with van der Waals surface area (Å²) in [4.78, 5) is 12.7. The Hall–Kier alpha value is -0.670. The Balaban J connectivity index is 1.76. The summed E-state index contributed by atoms with van der Waals surface area (Å²) < 4.78 is -0.613. The van der Waals surface area contributed by atoms with Crippen molar-refractivity contribution in [3.63, 3.8) is 0 Å². The zero-order chi connectivity index (χ0) is 13.5. The summed E-state index contributed by atoms with van der Waals surface area (Å²) in [6.07, 6.45) is 6.60. The molecule has 1 aromatic rings. The second-order valence-electron chi connectivity index (χ2n) is 5.92. The van der Waals surface area contributed by atoms with Crippen molar-refractivity contribution in [2.24, 2.45) is 5.41 Å². The third-order valence-corrected chi connectivity index (χ3v) is 6.12.